The van der Waals surface area contributed by atoms with Crippen LogP contribution >= 0.6 is 23.2 Å². The first-order valence-corrected chi connectivity index (χ1v) is 43.1. The minimum Gasteiger partial charge on any atom is -0.508 e. The third-order valence-corrected chi connectivity index (χ3v) is 25.9. The lowest BCUT2D eigenvalue weighted by molar-refractivity contribution is -0.333. The first-order valence-electron chi connectivity index (χ1n) is 42.4. The number of phenolic OH excluding ortho intramolecular Hbond substituents is 1. The molecule has 9 amide bonds. The van der Waals surface area contributed by atoms with Gasteiger partial charge in [-0.2, -0.15) is 0 Å². The number of benzene rings is 6. The van der Waals surface area contributed by atoms with Crippen LogP contribution in [-0.2, 0) is 58.4 Å². The van der Waals surface area contributed by atoms with Crippen molar-refractivity contribution >= 4 is 76.4 Å². The van der Waals surface area contributed by atoms with E-state index in [1.807, 2.05) is 13.8 Å². The van der Waals surface area contributed by atoms with Crippen molar-refractivity contribution in [2.24, 2.45) is 46.8 Å². The molecule has 0 unspecified atom stereocenters. The molecule has 38 nitrogen and oxygen atoms in total. The number of carbonyl (C=O) groups excluding carboxylic acids is 9. The zero-order valence-electron chi connectivity index (χ0n) is 70.2. The van der Waals surface area contributed by atoms with Crippen molar-refractivity contribution in [3.63, 3.8) is 0 Å². The van der Waals surface area contributed by atoms with E-state index in [0.29, 0.717) is 11.8 Å². The molecule has 6 aromatic rings. The summed E-state index contributed by atoms with van der Waals surface area (Å²) in [5.41, 5.74) is 14.1. The van der Waals surface area contributed by atoms with Crippen molar-refractivity contribution in [3.8, 4) is 57.1 Å². The molecule has 5 aliphatic carbocycles. The van der Waals surface area contributed by atoms with E-state index in [-0.39, 0.29) is 125 Å². The molecule has 0 aromatic heterocycles. The topological polar surface area (TPSA) is 596 Å². The smallest absolute Gasteiger partial charge is 0.257 e. The largest absolute Gasteiger partial charge is 0.508 e. The minimum absolute atomic E-state index is 0.00298. The first kappa shape index (κ1) is 92.3. The average molecular weight is 1820 g/mol. The van der Waals surface area contributed by atoms with E-state index < -0.39 is 231 Å². The van der Waals surface area contributed by atoms with Crippen LogP contribution in [0.15, 0.2) is 97.1 Å². The Kier molecular flexibility index (Phi) is 27.1. The van der Waals surface area contributed by atoms with E-state index in [1.165, 1.54) is 81.6 Å². The molecule has 0 radical (unpaired) electrons. The van der Waals surface area contributed by atoms with Crippen molar-refractivity contribution in [1.29, 1.82) is 0 Å². The molecule has 7 aliphatic heterocycles. The highest BCUT2D eigenvalue weighted by molar-refractivity contribution is 6.32. The van der Waals surface area contributed by atoms with Gasteiger partial charge in [0.05, 0.1) is 41.3 Å². The van der Waals surface area contributed by atoms with Gasteiger partial charge in [-0.3, -0.25) is 48.5 Å². The van der Waals surface area contributed by atoms with Gasteiger partial charge in [-0.05, 0) is 201 Å². The monoisotopic (exact) mass is 1810 g/mol. The van der Waals surface area contributed by atoms with E-state index in [4.69, 9.17) is 78.3 Å². The number of amides is 9. The van der Waals surface area contributed by atoms with Crippen molar-refractivity contribution in [1.82, 2.24) is 47.9 Å². The van der Waals surface area contributed by atoms with Gasteiger partial charge in [0.1, 0.15) is 97.2 Å². The molecule has 15 bridgehead atoms. The normalized spacial score (nSPS) is 30.6. The molecule has 7 heterocycles. The number of hydrogen-bond acceptors (Lipinski definition) is 30. The van der Waals surface area contributed by atoms with Gasteiger partial charge in [-0.15, -0.1) is 0 Å². The fraction of sp³-hybridized carbons (Fsp3) is 0.489. The number of aliphatic hydroxyl groups is 8. The molecule has 686 valence electrons. The Labute approximate surface area is 743 Å². The van der Waals surface area contributed by atoms with E-state index in [0.717, 1.165) is 68.5 Å². The summed E-state index contributed by atoms with van der Waals surface area (Å²) >= 11 is 14.6. The molecule has 0 spiro atoms. The highest BCUT2D eigenvalue weighted by Gasteiger charge is 2.54. The first-order chi connectivity index (χ1) is 60.9. The van der Waals surface area contributed by atoms with E-state index >= 15 is 28.8 Å². The van der Waals surface area contributed by atoms with Crippen LogP contribution in [0.1, 0.15) is 159 Å². The molecule has 18 rings (SSSR count). The lowest BCUT2D eigenvalue weighted by Gasteiger charge is -2.54. The SMILES string of the molecule is CN[C@H](CC(C)C)C(=O)N[C@H]1C(=O)N[C@@H](CC(=O)NC(=O)c2ccc(OCCN)c(OCCN)c2)C(=O)N[C@H]2C(=O)N[C@H]3C(=O)N[C@H](C(=O)N[C@H](C(=O)NC4C5CC6CC(C5)CC4C6)c4cc(O)cc5c4-c4cc3ccc4C5(O)O)[C@H](O)c3ccc(c(Cl)c3)Oc3cc2cc(c3O[C@@H]2O[C@H](CO)[C@@H](O)[C@H](O)[C@H]2O[C@H]2C[C@](C)(N)[C@H](O)[C@H](C)O2)Oc2ccc(cc2Cl)[C@H]1O. The van der Waals surface area contributed by atoms with Gasteiger partial charge in [0, 0.05) is 47.8 Å². The Morgan fingerprint density at radius 3 is 1.89 bits per heavy atom. The summed E-state index contributed by atoms with van der Waals surface area (Å²) in [4.78, 5) is 140. The fourth-order valence-corrected chi connectivity index (χ4v) is 19.6. The number of aromatic hydroxyl groups is 1. The molecule has 6 aromatic carbocycles. The lowest BCUT2D eigenvalue weighted by Crippen LogP contribution is -2.64. The van der Waals surface area contributed by atoms with Crippen LogP contribution in [0.5, 0.6) is 46.0 Å². The van der Waals surface area contributed by atoms with Crippen LogP contribution in [0.25, 0.3) is 11.1 Å². The summed E-state index contributed by atoms with van der Waals surface area (Å²) in [5.74, 6) is -16.4. The molecule has 24 N–H and O–H groups in total. The number of nitrogens with two attached hydrogens (primary N) is 3. The predicted molar refractivity (Wildman–Crippen MR) is 451 cm³/mol. The van der Waals surface area contributed by atoms with Crippen LogP contribution in [0, 0.1) is 29.6 Å². The van der Waals surface area contributed by atoms with E-state index in [1.54, 1.807) is 0 Å². The molecule has 40 heteroatoms. The highest BCUT2D eigenvalue weighted by atomic mass is 35.5. The molecule has 18 atom stereocenters. The Morgan fingerprint density at radius 2 is 1.27 bits per heavy atom. The van der Waals surface area contributed by atoms with Crippen LogP contribution in [0.4, 0.5) is 0 Å². The van der Waals surface area contributed by atoms with Gasteiger partial charge in [0.25, 0.3) is 5.91 Å². The number of halogens is 2. The zero-order chi connectivity index (χ0) is 91.5. The lowest BCUT2D eigenvalue weighted by atomic mass is 9.54. The Hall–Kier alpha value is -10.5. The van der Waals surface area contributed by atoms with E-state index in [9.17, 15) is 60.3 Å². The predicted octanol–water partition coefficient (Wildman–Crippen LogP) is 1.20. The average Bonchev–Trinajstić information content (AvgIpc) is 1.56. The highest BCUT2D eigenvalue weighted by Crippen LogP contribution is 2.56. The number of hydrogen-bond donors (Lipinski definition) is 21. The summed E-state index contributed by atoms with van der Waals surface area (Å²) in [5, 5.41) is 131. The fourth-order valence-electron chi connectivity index (χ4n) is 19.1. The van der Waals surface area contributed by atoms with Crippen molar-refractivity contribution in [3.05, 3.63) is 152 Å². The molecule has 128 heavy (non-hydrogen) atoms. The van der Waals surface area contributed by atoms with E-state index in [2.05, 4.69) is 47.9 Å². The summed E-state index contributed by atoms with van der Waals surface area (Å²) < 4.78 is 50.7. The van der Waals surface area contributed by atoms with Crippen LogP contribution in [0.2, 0.25) is 10.0 Å². The Morgan fingerprint density at radius 1 is 0.656 bits per heavy atom. The number of carbonyl (C=O) groups is 9. The quantitative estimate of drug-likeness (QED) is 0.0450. The summed E-state index contributed by atoms with van der Waals surface area (Å²) in [6.45, 7) is 5.69. The molecule has 4 saturated carbocycles. The van der Waals surface area contributed by atoms with Crippen LogP contribution < -0.4 is 88.7 Å². The zero-order valence-corrected chi connectivity index (χ0v) is 71.7. The standard InChI is InChI=1S/C88H104Cl2N12O26/c1-35(2)18-53(94-5)79(112)101-69-71(106)40-7-11-55(51(89)25-40)124-59-28-45-29-60(75(59)128-86-76(74(109)73(108)61(34-103)126-86)127-63-33-87(4,93)77(110)36(3)123-63)125-56-12-8-41(26-52(56)90)72(107)70-85(118)100-68(83(116)97-65-43-20-37-19-38(22-43)23-44(65)21-37)48-30-46(104)31-50-64(48)47-24-39(6-10-49(47)88(50,119)120)66(81(114)102-70)99-82(115)67(45)98-80(113)54(95-84(69)117)32-62(105)96-78(111)42-9-13-57(121-16-14-91)58(27-42)122-17-15-92/h6-13,24-31,35-38,43-44,53-54,61,63,65-74,76-77,86,94,103-104,106-110,119-120H,14-23,32-34,91-93H2,1-5H3,(H,95,117)(H,97,116)(H,98,113)(H,99,115)(H,100,118)(H,101,112)(H,102,114)(H,96,105,111)/t36-,37?,38?,43?,44?,53+,54-,61+,63-,65?,66+,67+,68-,69+,70-,71+,72+,73+,74-,76+,77+,86-,87-/m0/s1. The maximum absolute atomic E-state index is 16.8. The van der Waals surface area contributed by atoms with Crippen LogP contribution in [0.3, 0.4) is 0 Å². The van der Waals surface area contributed by atoms with Gasteiger partial charge in [0.2, 0.25) is 65.1 Å². The second kappa shape index (κ2) is 37.5. The minimum atomic E-state index is -3.01. The number of nitrogens with one attached hydrogen (secondary N) is 9. The second-order valence-electron chi connectivity index (χ2n) is 34.9. The second-order valence-corrected chi connectivity index (χ2v) is 35.7. The van der Waals surface area contributed by atoms with Gasteiger partial charge in [0.15, 0.2) is 35.4 Å². The number of phenols is 1. The van der Waals surface area contributed by atoms with Crippen molar-refractivity contribution in [2.45, 2.75) is 200 Å². The third kappa shape index (κ3) is 18.7. The number of ether oxygens (including phenoxy) is 8. The summed E-state index contributed by atoms with van der Waals surface area (Å²) in [6, 6.07) is 4.12. The molecule has 2 saturated heterocycles. The van der Waals surface area contributed by atoms with Gasteiger partial charge < -0.3 is 144 Å². The van der Waals surface area contributed by atoms with Gasteiger partial charge in [-0.25, -0.2) is 0 Å². The molecular formula is C88H104Cl2N12O26. The Bertz CT molecular complexity index is 5290. The maximum atomic E-state index is 16.8. The summed E-state index contributed by atoms with van der Waals surface area (Å²) in [6.07, 6.45) is -14.7. The van der Waals surface area contributed by atoms with Gasteiger partial charge >= 0.3 is 0 Å². The number of rotatable bonds is 21. The maximum Gasteiger partial charge on any atom is 0.257 e. The number of imide groups is 1. The molecular weight excluding hydrogens is 1710 g/mol. The number of likely N-dealkylation sites (N-methyl/N-ethyl adjacent to an activating group) is 1. The number of aliphatic hydroxyl groups excluding tert-OH is 6. The molecule has 6 fully saturated rings. The van der Waals surface area contributed by atoms with Crippen LogP contribution in [-0.4, -0.2) is 224 Å². The molecule has 12 aliphatic rings. The third-order valence-electron chi connectivity index (χ3n) is 25.3. The van der Waals surface area contributed by atoms with Gasteiger partial charge in [-0.1, -0.05) is 61.3 Å². The number of fused-ring (bicyclic) bond motifs is 12. The Balaban J connectivity index is 0.924. The van der Waals surface area contributed by atoms with Crippen molar-refractivity contribution in [2.75, 3.05) is 40.0 Å². The van der Waals surface area contributed by atoms with Crippen molar-refractivity contribution < 1.29 is 127 Å². The summed E-state index contributed by atoms with van der Waals surface area (Å²) in [7, 11) is 1.47.